The van der Waals surface area contributed by atoms with Gasteiger partial charge in [0, 0.05) is 33.0 Å². The summed E-state index contributed by atoms with van der Waals surface area (Å²) >= 11 is 0. The van der Waals surface area contributed by atoms with E-state index in [0.717, 1.165) is 22.3 Å². The molecule has 0 aliphatic carbocycles. The van der Waals surface area contributed by atoms with Crippen LogP contribution < -0.4 is 0 Å². The van der Waals surface area contributed by atoms with Crippen LogP contribution in [0.25, 0.3) is 22.5 Å². The molecule has 1 aromatic heterocycles. The number of halogens is 1. The number of aromatic nitrogens is 4. The van der Waals surface area contributed by atoms with Gasteiger partial charge in [-0.1, -0.05) is 51.2 Å². The minimum Gasteiger partial charge on any atom is -0.268 e. The Labute approximate surface area is 141 Å². The van der Waals surface area contributed by atoms with Crippen molar-refractivity contribution >= 4 is 0 Å². The zero-order valence-electron chi connectivity index (χ0n) is 12.4. The van der Waals surface area contributed by atoms with Crippen molar-refractivity contribution in [2.75, 3.05) is 0 Å². The first kappa shape index (κ1) is 16.5. The fourth-order valence-electron chi connectivity index (χ4n) is 2.53. The van der Waals surface area contributed by atoms with E-state index in [0.29, 0.717) is 11.4 Å². The van der Waals surface area contributed by atoms with Crippen molar-refractivity contribution in [2.24, 2.45) is 7.05 Å². The zero-order chi connectivity index (χ0) is 15.0. The zero-order valence-corrected chi connectivity index (χ0v) is 14.8. The van der Waals surface area contributed by atoms with Crippen LogP contribution in [0.2, 0.25) is 0 Å². The van der Waals surface area contributed by atoms with Crippen molar-refractivity contribution in [1.29, 1.82) is 0 Å². The summed E-state index contributed by atoms with van der Waals surface area (Å²) in [5.41, 5.74) is 4.59. The van der Waals surface area contributed by atoms with E-state index < -0.39 is 0 Å². The van der Waals surface area contributed by atoms with E-state index >= 15 is 0 Å². The largest absolute Gasteiger partial charge is 0.268 e. The molecule has 3 aromatic rings. The summed E-state index contributed by atoms with van der Waals surface area (Å²) in [5, 5.41) is 11.5. The van der Waals surface area contributed by atoms with Gasteiger partial charge in [-0.25, -0.2) is 0 Å². The number of aryl methyl sites for hydroxylation is 3. The first-order valence-electron chi connectivity index (χ1n) is 6.58. The molecule has 4 nitrogen and oxygen atoms in total. The Hall–Kier alpha value is -1.91. The number of benzene rings is 2. The molecule has 0 N–H and O–H groups in total. The number of hydrogen-bond donors (Lipinski definition) is 0. The summed E-state index contributed by atoms with van der Waals surface area (Å²) < 4.78 is 15.3. The molecule has 115 valence electrons. The minimum atomic E-state index is -0.327. The smallest absolute Gasteiger partial charge is 0.0986 e. The summed E-state index contributed by atoms with van der Waals surface area (Å²) in [5.74, 6) is 0.235. The first-order chi connectivity index (χ1) is 10.1. The molecular weight excluding hydrogens is 459 g/mol. The van der Waals surface area contributed by atoms with Crippen LogP contribution in [-0.2, 0) is 27.2 Å². The Kier molecular flexibility index (Phi) is 4.84. The SMILES string of the molecule is Cc1cccc(C)c1-c1cc(F)c[c-]c1-c1nnnn1C.[Ir]. The summed E-state index contributed by atoms with van der Waals surface area (Å²) in [4.78, 5) is 0. The molecule has 3 rings (SSSR count). The number of tetrazole rings is 1. The molecule has 2 aromatic carbocycles. The van der Waals surface area contributed by atoms with Gasteiger partial charge < -0.3 is 0 Å². The molecule has 0 aliphatic heterocycles. The summed E-state index contributed by atoms with van der Waals surface area (Å²) in [6.45, 7) is 4.01. The second kappa shape index (κ2) is 6.46. The molecule has 0 bridgehead atoms. The van der Waals surface area contributed by atoms with E-state index in [9.17, 15) is 4.39 Å². The van der Waals surface area contributed by atoms with E-state index in [1.54, 1.807) is 11.7 Å². The monoisotopic (exact) mass is 474 g/mol. The number of rotatable bonds is 2. The van der Waals surface area contributed by atoms with Gasteiger partial charge in [0.25, 0.3) is 0 Å². The molecule has 0 saturated heterocycles. The second-order valence-corrected chi connectivity index (χ2v) is 5.00. The predicted molar refractivity (Wildman–Crippen MR) is 77.9 cm³/mol. The van der Waals surface area contributed by atoms with Gasteiger partial charge in [-0.05, 0) is 19.1 Å². The Morgan fingerprint density at radius 2 is 1.86 bits per heavy atom. The fraction of sp³-hybridized carbons (Fsp3) is 0.188. The molecule has 0 fully saturated rings. The Balaban J connectivity index is 0.00000176. The van der Waals surface area contributed by atoms with E-state index in [4.69, 9.17) is 0 Å². The fourth-order valence-corrected chi connectivity index (χ4v) is 2.53. The molecule has 0 spiro atoms. The van der Waals surface area contributed by atoms with E-state index in [2.05, 4.69) is 21.6 Å². The second-order valence-electron chi connectivity index (χ2n) is 5.00. The Morgan fingerprint density at radius 1 is 1.18 bits per heavy atom. The van der Waals surface area contributed by atoms with Gasteiger partial charge in [-0.3, -0.25) is 9.07 Å². The number of nitrogens with zero attached hydrogens (tertiary/aromatic N) is 4. The van der Waals surface area contributed by atoms with Crippen LogP contribution in [0.3, 0.4) is 0 Å². The normalized spacial score (nSPS) is 10.4. The maximum absolute atomic E-state index is 13.7. The third kappa shape index (κ3) is 2.85. The van der Waals surface area contributed by atoms with Crippen LogP contribution in [0.4, 0.5) is 4.39 Å². The molecule has 0 amide bonds. The molecule has 0 saturated carbocycles. The van der Waals surface area contributed by atoms with Crippen LogP contribution in [0.15, 0.2) is 30.3 Å². The molecule has 0 atom stereocenters. The van der Waals surface area contributed by atoms with Crippen LogP contribution in [0.1, 0.15) is 11.1 Å². The van der Waals surface area contributed by atoms with E-state index in [-0.39, 0.29) is 25.9 Å². The quantitative estimate of drug-likeness (QED) is 0.538. The van der Waals surface area contributed by atoms with Crippen LogP contribution >= 0.6 is 0 Å². The predicted octanol–water partition coefficient (Wildman–Crippen LogP) is 3.10. The third-order valence-electron chi connectivity index (χ3n) is 3.50. The minimum absolute atomic E-state index is 0. The molecule has 22 heavy (non-hydrogen) atoms. The molecule has 1 radical (unpaired) electrons. The molecule has 0 unspecified atom stereocenters. The first-order valence-corrected chi connectivity index (χ1v) is 6.58. The van der Waals surface area contributed by atoms with Crippen molar-refractivity contribution in [2.45, 2.75) is 13.8 Å². The standard InChI is InChI=1S/C16H14FN4.Ir/c1-10-5-4-6-11(2)15(10)14-9-12(17)7-8-13(14)16-18-19-20-21(16)3;/h4-7,9H,1-3H3;/q-1;. The van der Waals surface area contributed by atoms with Crippen molar-refractivity contribution in [3.8, 4) is 22.5 Å². The molecule has 0 aliphatic rings. The van der Waals surface area contributed by atoms with Crippen molar-refractivity contribution < 1.29 is 24.5 Å². The topological polar surface area (TPSA) is 43.6 Å². The van der Waals surface area contributed by atoms with Crippen LogP contribution in [0.5, 0.6) is 0 Å². The van der Waals surface area contributed by atoms with Crippen molar-refractivity contribution in [3.63, 3.8) is 0 Å². The van der Waals surface area contributed by atoms with Gasteiger partial charge >= 0.3 is 0 Å². The van der Waals surface area contributed by atoms with Crippen molar-refractivity contribution in [1.82, 2.24) is 20.2 Å². The van der Waals surface area contributed by atoms with E-state index in [1.165, 1.54) is 12.1 Å². The average Bonchev–Trinajstić information content (AvgIpc) is 2.85. The van der Waals surface area contributed by atoms with Gasteiger partial charge in [0.1, 0.15) is 0 Å². The molecule has 1 heterocycles. The Morgan fingerprint density at radius 3 is 2.45 bits per heavy atom. The average molecular weight is 474 g/mol. The molecular formula is C16H14FIrN4-. The van der Waals surface area contributed by atoms with Gasteiger partial charge in [0.15, 0.2) is 0 Å². The maximum Gasteiger partial charge on any atom is 0.0986 e. The van der Waals surface area contributed by atoms with Gasteiger partial charge in [-0.2, -0.15) is 5.10 Å². The van der Waals surface area contributed by atoms with Gasteiger partial charge in [-0.15, -0.1) is 18.2 Å². The molecule has 6 heteroatoms. The number of hydrogen-bond acceptors (Lipinski definition) is 3. The maximum atomic E-state index is 13.7. The third-order valence-corrected chi connectivity index (χ3v) is 3.50. The summed E-state index contributed by atoms with van der Waals surface area (Å²) in [6, 6.07) is 11.8. The Bertz CT molecular complexity index is 793. The summed E-state index contributed by atoms with van der Waals surface area (Å²) in [7, 11) is 1.75. The van der Waals surface area contributed by atoms with Gasteiger partial charge in [0.05, 0.1) is 5.82 Å². The summed E-state index contributed by atoms with van der Waals surface area (Å²) in [6.07, 6.45) is 0. The van der Waals surface area contributed by atoms with E-state index in [1.807, 2.05) is 32.0 Å². The van der Waals surface area contributed by atoms with Crippen LogP contribution in [0, 0.1) is 25.7 Å². The van der Waals surface area contributed by atoms with Crippen LogP contribution in [-0.4, -0.2) is 20.2 Å². The van der Waals surface area contributed by atoms with Gasteiger partial charge in [0.2, 0.25) is 0 Å². The van der Waals surface area contributed by atoms with Crippen molar-refractivity contribution in [3.05, 3.63) is 53.3 Å².